The maximum atomic E-state index is 9.24. The van der Waals surface area contributed by atoms with Crippen molar-refractivity contribution in [3.05, 3.63) is 46.1 Å². The van der Waals surface area contributed by atoms with E-state index in [2.05, 4.69) is 37.9 Å². The van der Waals surface area contributed by atoms with Crippen molar-refractivity contribution >= 4 is 0 Å². The Hall–Kier alpha value is -1.54. The minimum Gasteiger partial charge on any atom is -0.392 e. The van der Waals surface area contributed by atoms with Gasteiger partial charge in [-0.25, -0.2) is 0 Å². The lowest BCUT2D eigenvalue weighted by atomic mass is 9.97. The summed E-state index contributed by atoms with van der Waals surface area (Å²) in [6.07, 6.45) is 0. The summed E-state index contributed by atoms with van der Waals surface area (Å²) < 4.78 is 0. The van der Waals surface area contributed by atoms with Gasteiger partial charge in [0.1, 0.15) is 0 Å². The molecule has 1 aromatic carbocycles. The number of benzene rings is 1. The summed E-state index contributed by atoms with van der Waals surface area (Å²) in [5.74, 6) is 0. The molecule has 0 amide bonds. The molecule has 90 valence electrons. The molecular formula is C15H19NO. The zero-order valence-electron chi connectivity index (χ0n) is 10.9. The first-order chi connectivity index (χ1) is 8.02. The number of aliphatic hydroxyl groups is 1. The smallest absolute Gasteiger partial charge is 0.0699 e. The van der Waals surface area contributed by atoms with Crippen molar-refractivity contribution in [2.75, 3.05) is 0 Å². The highest BCUT2D eigenvalue weighted by atomic mass is 16.3. The number of aliphatic hydroxyl groups excluding tert-OH is 1. The Bertz CT molecular complexity index is 529. The minimum atomic E-state index is 0.0896. The molecule has 0 aliphatic rings. The SMILES string of the molecule is Cc1cc(C)c(-c2cc(CO)c(C)[nH]2)c(C)c1. The Balaban J connectivity index is 2.60. The molecule has 2 rings (SSSR count). The molecule has 2 N–H and O–H groups in total. The molecule has 0 unspecified atom stereocenters. The first kappa shape index (κ1) is 11.9. The molecule has 17 heavy (non-hydrogen) atoms. The second kappa shape index (κ2) is 4.38. The molecular weight excluding hydrogens is 210 g/mol. The molecule has 0 saturated carbocycles. The molecule has 0 aliphatic carbocycles. The van der Waals surface area contributed by atoms with Gasteiger partial charge in [-0.15, -0.1) is 0 Å². The van der Waals surface area contributed by atoms with Gasteiger partial charge in [-0.1, -0.05) is 17.7 Å². The predicted octanol–water partition coefficient (Wildman–Crippen LogP) is 3.41. The number of hydrogen-bond acceptors (Lipinski definition) is 1. The number of hydrogen-bond donors (Lipinski definition) is 2. The second-order valence-corrected chi connectivity index (χ2v) is 4.77. The van der Waals surface area contributed by atoms with E-state index in [1.54, 1.807) is 0 Å². The normalized spacial score (nSPS) is 10.9. The van der Waals surface area contributed by atoms with Gasteiger partial charge in [0.05, 0.1) is 6.61 Å². The fourth-order valence-corrected chi connectivity index (χ4v) is 2.50. The van der Waals surface area contributed by atoms with E-state index in [1.807, 2.05) is 13.0 Å². The van der Waals surface area contributed by atoms with Crippen LogP contribution < -0.4 is 0 Å². The number of aromatic amines is 1. The van der Waals surface area contributed by atoms with Crippen LogP contribution in [-0.4, -0.2) is 10.1 Å². The van der Waals surface area contributed by atoms with Crippen LogP contribution in [0.3, 0.4) is 0 Å². The number of H-pyrrole nitrogens is 1. The van der Waals surface area contributed by atoms with Crippen molar-refractivity contribution in [1.82, 2.24) is 4.98 Å². The highest BCUT2D eigenvalue weighted by Gasteiger charge is 2.10. The van der Waals surface area contributed by atoms with Crippen molar-refractivity contribution in [2.45, 2.75) is 34.3 Å². The zero-order chi connectivity index (χ0) is 12.6. The highest BCUT2D eigenvalue weighted by molar-refractivity contribution is 5.69. The minimum absolute atomic E-state index is 0.0896. The molecule has 0 atom stereocenters. The maximum Gasteiger partial charge on any atom is 0.0699 e. The third kappa shape index (κ3) is 2.13. The maximum absolute atomic E-state index is 9.24. The molecule has 2 heteroatoms. The highest BCUT2D eigenvalue weighted by Crippen LogP contribution is 2.29. The summed E-state index contributed by atoms with van der Waals surface area (Å²) in [6.45, 7) is 8.46. The summed E-state index contributed by atoms with van der Waals surface area (Å²) in [5, 5.41) is 9.24. The molecule has 0 saturated heterocycles. The Morgan fingerprint density at radius 3 is 2.06 bits per heavy atom. The summed E-state index contributed by atoms with van der Waals surface area (Å²) in [5.41, 5.74) is 8.19. The van der Waals surface area contributed by atoms with Crippen molar-refractivity contribution in [1.29, 1.82) is 0 Å². The van der Waals surface area contributed by atoms with Crippen molar-refractivity contribution in [3.8, 4) is 11.3 Å². The second-order valence-electron chi connectivity index (χ2n) is 4.77. The Kier molecular flexibility index (Phi) is 3.07. The van der Waals surface area contributed by atoms with Crippen molar-refractivity contribution in [3.63, 3.8) is 0 Å². The van der Waals surface area contributed by atoms with Gasteiger partial charge < -0.3 is 10.1 Å². The molecule has 0 fully saturated rings. The first-order valence-corrected chi connectivity index (χ1v) is 5.90. The summed E-state index contributed by atoms with van der Waals surface area (Å²) in [6, 6.07) is 6.42. The molecule has 0 bridgehead atoms. The number of aryl methyl sites for hydroxylation is 4. The Labute approximate surface area is 102 Å². The molecule has 1 aromatic heterocycles. The van der Waals surface area contributed by atoms with Crippen LogP contribution in [0.2, 0.25) is 0 Å². The van der Waals surface area contributed by atoms with E-state index in [0.717, 1.165) is 17.0 Å². The van der Waals surface area contributed by atoms with Crippen LogP contribution in [0.4, 0.5) is 0 Å². The average Bonchev–Trinajstić information content (AvgIpc) is 2.57. The first-order valence-electron chi connectivity index (χ1n) is 5.90. The van der Waals surface area contributed by atoms with Gasteiger partial charge in [0.25, 0.3) is 0 Å². The lowest BCUT2D eigenvalue weighted by Crippen LogP contribution is -1.90. The van der Waals surface area contributed by atoms with Gasteiger partial charge in [0, 0.05) is 17.0 Å². The average molecular weight is 229 g/mol. The van der Waals surface area contributed by atoms with Gasteiger partial charge in [0.2, 0.25) is 0 Å². The zero-order valence-corrected chi connectivity index (χ0v) is 10.9. The van der Waals surface area contributed by atoms with Crippen LogP contribution in [0.25, 0.3) is 11.3 Å². The fourth-order valence-electron chi connectivity index (χ4n) is 2.50. The molecule has 0 radical (unpaired) electrons. The largest absolute Gasteiger partial charge is 0.392 e. The van der Waals surface area contributed by atoms with E-state index in [-0.39, 0.29) is 6.61 Å². The van der Waals surface area contributed by atoms with Gasteiger partial charge in [-0.05, 0) is 50.5 Å². The van der Waals surface area contributed by atoms with Crippen LogP contribution >= 0.6 is 0 Å². The standard InChI is InChI=1S/C15H19NO/c1-9-5-10(2)15(11(3)6-9)14-7-13(8-17)12(4)16-14/h5-7,16-17H,8H2,1-4H3. The van der Waals surface area contributed by atoms with Crippen molar-refractivity contribution in [2.24, 2.45) is 0 Å². The summed E-state index contributed by atoms with van der Waals surface area (Å²) >= 11 is 0. The van der Waals surface area contributed by atoms with Crippen LogP contribution in [0.15, 0.2) is 18.2 Å². The van der Waals surface area contributed by atoms with E-state index in [4.69, 9.17) is 0 Å². The van der Waals surface area contributed by atoms with Gasteiger partial charge >= 0.3 is 0 Å². The fraction of sp³-hybridized carbons (Fsp3) is 0.333. The van der Waals surface area contributed by atoms with E-state index in [1.165, 1.54) is 22.3 Å². The number of nitrogens with one attached hydrogen (secondary N) is 1. The summed E-state index contributed by atoms with van der Waals surface area (Å²) in [7, 11) is 0. The van der Waals surface area contributed by atoms with E-state index in [0.29, 0.717) is 0 Å². The monoisotopic (exact) mass is 229 g/mol. The molecule has 0 spiro atoms. The van der Waals surface area contributed by atoms with Gasteiger partial charge in [-0.2, -0.15) is 0 Å². The van der Waals surface area contributed by atoms with Crippen LogP contribution in [0.1, 0.15) is 27.9 Å². The molecule has 2 nitrogen and oxygen atoms in total. The molecule has 2 aromatic rings. The Morgan fingerprint density at radius 2 is 1.59 bits per heavy atom. The molecule has 0 aliphatic heterocycles. The predicted molar refractivity (Wildman–Crippen MR) is 71.1 cm³/mol. The van der Waals surface area contributed by atoms with Crippen LogP contribution in [0, 0.1) is 27.7 Å². The van der Waals surface area contributed by atoms with Crippen LogP contribution in [-0.2, 0) is 6.61 Å². The molecule has 1 heterocycles. The van der Waals surface area contributed by atoms with Crippen LogP contribution in [0.5, 0.6) is 0 Å². The Morgan fingerprint density at radius 1 is 1.00 bits per heavy atom. The van der Waals surface area contributed by atoms with Gasteiger partial charge in [0.15, 0.2) is 0 Å². The van der Waals surface area contributed by atoms with Gasteiger partial charge in [-0.3, -0.25) is 0 Å². The third-order valence-electron chi connectivity index (χ3n) is 3.24. The third-order valence-corrected chi connectivity index (χ3v) is 3.24. The van der Waals surface area contributed by atoms with E-state index >= 15 is 0 Å². The van der Waals surface area contributed by atoms with E-state index in [9.17, 15) is 5.11 Å². The summed E-state index contributed by atoms with van der Waals surface area (Å²) in [4.78, 5) is 3.35. The lowest BCUT2D eigenvalue weighted by molar-refractivity contribution is 0.281. The number of aromatic nitrogens is 1. The van der Waals surface area contributed by atoms with Crippen molar-refractivity contribution < 1.29 is 5.11 Å². The van der Waals surface area contributed by atoms with E-state index < -0.39 is 0 Å². The lowest BCUT2D eigenvalue weighted by Gasteiger charge is -2.09. The number of rotatable bonds is 2. The quantitative estimate of drug-likeness (QED) is 0.813. The topological polar surface area (TPSA) is 36.0 Å².